The lowest BCUT2D eigenvalue weighted by Crippen LogP contribution is -2.40. The molecule has 1 aliphatic heterocycles. The summed E-state index contributed by atoms with van der Waals surface area (Å²) in [4.78, 5) is 4.29. The maximum Gasteiger partial charge on any atom is 0.106 e. The Morgan fingerprint density at radius 3 is 2.38 bits per heavy atom. The molecule has 0 radical (unpaired) electrons. The van der Waals surface area contributed by atoms with Gasteiger partial charge in [0.15, 0.2) is 0 Å². The van der Waals surface area contributed by atoms with Gasteiger partial charge < -0.3 is 5.73 Å². The summed E-state index contributed by atoms with van der Waals surface area (Å²) >= 11 is 0. The molecule has 0 amide bonds. The Bertz CT molecular complexity index is 200. The molecule has 0 aromatic rings. The molecule has 74 valence electrons. The normalized spacial score (nSPS) is 25.0. The van der Waals surface area contributed by atoms with E-state index in [-0.39, 0.29) is 11.6 Å². The smallest absolute Gasteiger partial charge is 0.106 e. The zero-order chi connectivity index (χ0) is 9.73. The van der Waals surface area contributed by atoms with Crippen LogP contribution in [0.2, 0.25) is 0 Å². The first-order chi connectivity index (χ1) is 6.25. The zero-order valence-corrected chi connectivity index (χ0v) is 8.66. The van der Waals surface area contributed by atoms with Crippen LogP contribution in [-0.4, -0.2) is 12.4 Å². The number of allylic oxidation sites excluding steroid dienone is 1. The first-order valence-electron chi connectivity index (χ1n) is 5.22. The Morgan fingerprint density at radius 2 is 1.92 bits per heavy atom. The van der Waals surface area contributed by atoms with E-state index in [1.165, 1.54) is 12.8 Å². The number of aliphatic imine (C=N–C) groups is 1. The topological polar surface area (TPSA) is 38.4 Å². The lowest BCUT2D eigenvalue weighted by atomic mass is 9.75. The van der Waals surface area contributed by atoms with Crippen LogP contribution < -0.4 is 5.73 Å². The summed E-state index contributed by atoms with van der Waals surface area (Å²) in [5.41, 5.74) is 6.17. The minimum absolute atomic E-state index is 0.0302. The highest BCUT2D eigenvalue weighted by Crippen LogP contribution is 2.36. The van der Waals surface area contributed by atoms with E-state index in [9.17, 15) is 0 Å². The summed E-state index contributed by atoms with van der Waals surface area (Å²) in [5, 5.41) is 0. The second-order valence-electron chi connectivity index (χ2n) is 3.84. The van der Waals surface area contributed by atoms with E-state index in [0.29, 0.717) is 0 Å². The van der Waals surface area contributed by atoms with E-state index in [1.807, 2.05) is 12.3 Å². The molecular weight excluding hydrogens is 160 g/mol. The number of nitrogens with zero attached hydrogens (tertiary/aromatic N) is 1. The first-order valence-corrected chi connectivity index (χ1v) is 5.22. The highest BCUT2D eigenvalue weighted by molar-refractivity contribution is 5.72. The molecule has 0 aromatic heterocycles. The van der Waals surface area contributed by atoms with Crippen molar-refractivity contribution in [3.05, 3.63) is 12.2 Å². The van der Waals surface area contributed by atoms with Gasteiger partial charge in [-0.05, 0) is 18.9 Å². The van der Waals surface area contributed by atoms with Gasteiger partial charge in [0.25, 0.3) is 0 Å². The van der Waals surface area contributed by atoms with Gasteiger partial charge in [0.1, 0.15) is 6.17 Å². The fourth-order valence-corrected chi connectivity index (χ4v) is 2.14. The lowest BCUT2D eigenvalue weighted by molar-refractivity contribution is 0.255. The Hall–Kier alpha value is -0.630. The van der Waals surface area contributed by atoms with Crippen molar-refractivity contribution in [3.63, 3.8) is 0 Å². The predicted octanol–water partition coefficient (Wildman–Crippen LogP) is 2.50. The molecule has 1 unspecified atom stereocenters. The second kappa shape index (κ2) is 4.56. The maximum absolute atomic E-state index is 6.04. The zero-order valence-electron chi connectivity index (χ0n) is 8.66. The molecular formula is C11H20N2. The molecule has 1 atom stereocenters. The average molecular weight is 180 g/mol. The van der Waals surface area contributed by atoms with Gasteiger partial charge in [-0.15, -0.1) is 0 Å². The highest BCUT2D eigenvalue weighted by Gasteiger charge is 2.33. The summed E-state index contributed by atoms with van der Waals surface area (Å²) in [6.45, 7) is 4.41. The molecule has 2 nitrogen and oxygen atoms in total. The number of hydrogen-bond acceptors (Lipinski definition) is 2. The van der Waals surface area contributed by atoms with Crippen molar-refractivity contribution in [3.8, 4) is 0 Å². The molecule has 13 heavy (non-hydrogen) atoms. The van der Waals surface area contributed by atoms with Gasteiger partial charge in [0, 0.05) is 11.6 Å². The van der Waals surface area contributed by atoms with Crippen LogP contribution in [0.3, 0.4) is 0 Å². The Labute approximate surface area is 80.9 Å². The third kappa shape index (κ3) is 2.19. The Kier molecular flexibility index (Phi) is 3.67. The minimum Gasteiger partial charge on any atom is -0.309 e. The maximum atomic E-state index is 6.04. The monoisotopic (exact) mass is 180 g/mol. The fraction of sp³-hybridized carbons (Fsp3) is 0.727. The van der Waals surface area contributed by atoms with Crippen molar-refractivity contribution in [1.82, 2.24) is 0 Å². The summed E-state index contributed by atoms with van der Waals surface area (Å²) < 4.78 is 0. The van der Waals surface area contributed by atoms with Gasteiger partial charge in [0.05, 0.1) is 0 Å². The van der Waals surface area contributed by atoms with E-state index < -0.39 is 0 Å². The summed E-state index contributed by atoms with van der Waals surface area (Å²) in [5.74, 6) is 0. The van der Waals surface area contributed by atoms with Crippen molar-refractivity contribution in [2.45, 2.75) is 45.7 Å². The summed E-state index contributed by atoms with van der Waals surface area (Å²) in [6, 6.07) is 0. The van der Waals surface area contributed by atoms with E-state index in [0.717, 1.165) is 12.8 Å². The molecule has 1 heterocycles. The molecule has 1 rings (SSSR count). The molecule has 2 N–H and O–H groups in total. The van der Waals surface area contributed by atoms with Crippen LogP contribution in [0, 0.1) is 5.41 Å². The highest BCUT2D eigenvalue weighted by atomic mass is 15.0. The largest absolute Gasteiger partial charge is 0.309 e. The molecule has 0 aromatic carbocycles. The van der Waals surface area contributed by atoms with Gasteiger partial charge in [-0.25, -0.2) is 0 Å². The number of hydrogen-bond donors (Lipinski definition) is 1. The van der Waals surface area contributed by atoms with Gasteiger partial charge in [0.2, 0.25) is 0 Å². The van der Waals surface area contributed by atoms with Crippen molar-refractivity contribution in [2.24, 2.45) is 16.1 Å². The summed E-state index contributed by atoms with van der Waals surface area (Å²) in [6.07, 6.45) is 10.7. The Morgan fingerprint density at radius 1 is 1.31 bits per heavy atom. The van der Waals surface area contributed by atoms with E-state index >= 15 is 0 Å². The second-order valence-corrected chi connectivity index (χ2v) is 3.84. The van der Waals surface area contributed by atoms with Crippen LogP contribution in [0.5, 0.6) is 0 Å². The van der Waals surface area contributed by atoms with E-state index in [4.69, 9.17) is 5.73 Å². The van der Waals surface area contributed by atoms with Crippen LogP contribution in [0.4, 0.5) is 0 Å². The minimum atomic E-state index is -0.0302. The van der Waals surface area contributed by atoms with Gasteiger partial charge in [-0.2, -0.15) is 0 Å². The third-order valence-electron chi connectivity index (χ3n) is 2.78. The van der Waals surface area contributed by atoms with Crippen molar-refractivity contribution in [1.29, 1.82) is 0 Å². The molecule has 0 saturated carbocycles. The first kappa shape index (κ1) is 10.5. The van der Waals surface area contributed by atoms with Gasteiger partial charge in [-0.3, -0.25) is 4.99 Å². The fourth-order valence-electron chi connectivity index (χ4n) is 2.14. The van der Waals surface area contributed by atoms with Crippen molar-refractivity contribution >= 4 is 6.21 Å². The molecule has 0 aliphatic carbocycles. The van der Waals surface area contributed by atoms with Gasteiger partial charge in [-0.1, -0.05) is 32.8 Å². The van der Waals surface area contributed by atoms with E-state index in [1.54, 1.807) is 0 Å². The Balaban J connectivity index is 2.75. The summed E-state index contributed by atoms with van der Waals surface area (Å²) in [7, 11) is 0. The number of dihydropyridines is 1. The van der Waals surface area contributed by atoms with E-state index in [2.05, 4.69) is 24.9 Å². The molecule has 1 aliphatic rings. The van der Waals surface area contributed by atoms with Crippen LogP contribution >= 0.6 is 0 Å². The van der Waals surface area contributed by atoms with Crippen molar-refractivity contribution < 1.29 is 0 Å². The molecule has 2 heteroatoms. The number of nitrogens with two attached hydrogens (primary N) is 1. The SMILES string of the molecule is CCCC1(CCC)C=CC=NC1N. The van der Waals surface area contributed by atoms with Crippen LogP contribution in [0.25, 0.3) is 0 Å². The lowest BCUT2D eigenvalue weighted by Gasteiger charge is -2.35. The standard InChI is InChI=1S/C11H20N2/c1-3-6-11(7-4-2)8-5-9-13-10(11)12/h5,8-10H,3-4,6-7,12H2,1-2H3. The quantitative estimate of drug-likeness (QED) is 0.709. The molecule has 0 saturated heterocycles. The predicted molar refractivity (Wildman–Crippen MR) is 57.9 cm³/mol. The number of rotatable bonds is 4. The molecule has 0 bridgehead atoms. The van der Waals surface area contributed by atoms with Crippen LogP contribution in [0.1, 0.15) is 39.5 Å². The van der Waals surface area contributed by atoms with Crippen LogP contribution in [0.15, 0.2) is 17.1 Å². The average Bonchev–Trinajstić information content (AvgIpc) is 2.11. The van der Waals surface area contributed by atoms with Gasteiger partial charge >= 0.3 is 0 Å². The van der Waals surface area contributed by atoms with Crippen LogP contribution in [-0.2, 0) is 0 Å². The molecule has 0 fully saturated rings. The third-order valence-corrected chi connectivity index (χ3v) is 2.78. The van der Waals surface area contributed by atoms with Crippen molar-refractivity contribution in [2.75, 3.05) is 0 Å². The molecule has 0 spiro atoms.